The topological polar surface area (TPSA) is 49.3 Å². The van der Waals surface area contributed by atoms with Crippen molar-refractivity contribution in [2.24, 2.45) is 0 Å². The number of carbonyl (C=O) groups excluding carboxylic acids is 1. The van der Waals surface area contributed by atoms with E-state index in [0.29, 0.717) is 12.4 Å². The number of halogens is 1. The molecule has 1 fully saturated rings. The largest absolute Gasteiger partial charge is 0.310 e. The summed E-state index contributed by atoms with van der Waals surface area (Å²) in [5.41, 5.74) is 2.51. The Morgan fingerprint density at radius 2 is 1.74 bits per heavy atom. The molecule has 0 unspecified atom stereocenters. The summed E-state index contributed by atoms with van der Waals surface area (Å²) in [7, 11) is 0. The maximum atomic E-state index is 11.9. The summed E-state index contributed by atoms with van der Waals surface area (Å²) in [5, 5.41) is 0. The van der Waals surface area contributed by atoms with Crippen LogP contribution in [-0.2, 0) is 11.2 Å². The van der Waals surface area contributed by atoms with Gasteiger partial charge in [0.25, 0.3) is 0 Å². The zero-order valence-electron chi connectivity index (χ0n) is 12.8. The molecule has 3 heterocycles. The highest BCUT2D eigenvalue weighted by Gasteiger charge is 2.25. The normalized spacial score (nSPS) is 17.0. The second kappa shape index (κ2) is 6.54. The quantitative estimate of drug-likeness (QED) is 0.849. The highest BCUT2D eigenvalue weighted by molar-refractivity contribution is 5.94. The first-order chi connectivity index (χ1) is 10.8. The van der Waals surface area contributed by atoms with Crippen molar-refractivity contribution in [3.8, 4) is 0 Å². The van der Waals surface area contributed by atoms with Gasteiger partial charge in [-0.15, -0.1) is 12.4 Å². The molecule has 1 saturated heterocycles. The van der Waals surface area contributed by atoms with Crippen LogP contribution in [0.3, 0.4) is 0 Å². The zero-order valence-corrected chi connectivity index (χ0v) is 13.6. The molecule has 0 radical (unpaired) electrons. The molecule has 0 N–H and O–H groups in total. The van der Waals surface area contributed by atoms with Gasteiger partial charge in [0.15, 0.2) is 0 Å². The van der Waals surface area contributed by atoms with E-state index in [2.05, 4.69) is 33.1 Å². The fourth-order valence-corrected chi connectivity index (χ4v) is 3.25. The molecule has 1 aromatic heterocycles. The van der Waals surface area contributed by atoms with Crippen LogP contribution in [0.2, 0.25) is 0 Å². The van der Waals surface area contributed by atoms with Crippen LogP contribution in [-0.4, -0.2) is 29.0 Å². The summed E-state index contributed by atoms with van der Waals surface area (Å²) in [6, 6.07) is 10.2. The number of anilines is 3. The number of benzene rings is 1. The van der Waals surface area contributed by atoms with Crippen LogP contribution < -0.4 is 9.80 Å². The van der Waals surface area contributed by atoms with E-state index in [4.69, 9.17) is 0 Å². The number of amides is 1. The Labute approximate surface area is 141 Å². The van der Waals surface area contributed by atoms with Crippen LogP contribution in [0.25, 0.3) is 0 Å². The van der Waals surface area contributed by atoms with Crippen molar-refractivity contribution >= 4 is 35.8 Å². The smallest absolute Gasteiger partial charge is 0.231 e. The summed E-state index contributed by atoms with van der Waals surface area (Å²) in [5.74, 6) is 1.56. The molecule has 0 aliphatic carbocycles. The average Bonchev–Trinajstić information content (AvgIpc) is 3.00. The molecule has 1 aromatic carbocycles. The number of para-hydroxylation sites is 1. The lowest BCUT2D eigenvalue weighted by atomic mass is 10.0. The number of nitrogens with zero attached hydrogens (tertiary/aromatic N) is 4. The highest BCUT2D eigenvalue weighted by Crippen LogP contribution is 2.32. The van der Waals surface area contributed by atoms with E-state index in [1.807, 2.05) is 12.1 Å². The zero-order chi connectivity index (χ0) is 14.9. The van der Waals surface area contributed by atoms with E-state index >= 15 is 0 Å². The molecule has 1 amide bonds. The van der Waals surface area contributed by atoms with Crippen LogP contribution in [0, 0.1) is 0 Å². The monoisotopic (exact) mass is 330 g/mol. The van der Waals surface area contributed by atoms with E-state index in [1.54, 1.807) is 11.1 Å². The molecule has 0 saturated carbocycles. The number of hydrogen-bond donors (Lipinski definition) is 0. The maximum Gasteiger partial charge on any atom is 0.231 e. The van der Waals surface area contributed by atoms with E-state index in [-0.39, 0.29) is 18.3 Å². The van der Waals surface area contributed by atoms with Gasteiger partial charge in [-0.3, -0.25) is 9.69 Å². The number of aromatic nitrogens is 2. The van der Waals surface area contributed by atoms with Crippen molar-refractivity contribution < 1.29 is 4.79 Å². The first-order valence-corrected chi connectivity index (χ1v) is 7.82. The van der Waals surface area contributed by atoms with Gasteiger partial charge >= 0.3 is 0 Å². The van der Waals surface area contributed by atoms with Gasteiger partial charge in [0.05, 0.1) is 0 Å². The van der Waals surface area contributed by atoms with Crippen LogP contribution in [0.15, 0.2) is 36.5 Å². The summed E-state index contributed by atoms with van der Waals surface area (Å²) >= 11 is 0. The summed E-state index contributed by atoms with van der Waals surface area (Å²) in [6.45, 7) is 1.67. The van der Waals surface area contributed by atoms with Gasteiger partial charge in [0.2, 0.25) is 11.9 Å². The third-order valence-corrected chi connectivity index (χ3v) is 4.33. The van der Waals surface area contributed by atoms with Crippen molar-refractivity contribution in [3.63, 3.8) is 0 Å². The van der Waals surface area contributed by atoms with Crippen molar-refractivity contribution in [3.05, 3.63) is 42.1 Å². The molecule has 5 nitrogen and oxygen atoms in total. The average molecular weight is 331 g/mol. The van der Waals surface area contributed by atoms with Crippen molar-refractivity contribution in [1.29, 1.82) is 0 Å². The van der Waals surface area contributed by atoms with E-state index in [0.717, 1.165) is 38.2 Å². The van der Waals surface area contributed by atoms with Gasteiger partial charge in [-0.25, -0.2) is 4.98 Å². The minimum Gasteiger partial charge on any atom is -0.310 e. The first-order valence-electron chi connectivity index (χ1n) is 7.82. The lowest BCUT2D eigenvalue weighted by Gasteiger charge is -2.29. The lowest BCUT2D eigenvalue weighted by molar-refractivity contribution is -0.117. The Kier molecular flexibility index (Phi) is 4.48. The van der Waals surface area contributed by atoms with Gasteiger partial charge in [-0.05, 0) is 37.0 Å². The fourth-order valence-electron chi connectivity index (χ4n) is 3.25. The second-order valence-corrected chi connectivity index (χ2v) is 5.75. The van der Waals surface area contributed by atoms with Crippen LogP contribution in [0.5, 0.6) is 0 Å². The molecular weight excluding hydrogens is 312 g/mol. The molecular formula is C17H19ClN4O. The number of hydrogen-bond acceptors (Lipinski definition) is 4. The standard InChI is InChI=1S/C17H18N4O.ClH/c22-16-8-4-12-21(16)15-9-10-18-17(19-15)20-11-3-6-13-5-1-2-7-14(13)20;/h1-2,5,7,9-10H,3-4,6,8,11-12H2;1H. The van der Waals surface area contributed by atoms with Crippen LogP contribution in [0.1, 0.15) is 24.8 Å². The maximum absolute atomic E-state index is 11.9. The number of rotatable bonds is 2. The van der Waals surface area contributed by atoms with E-state index in [9.17, 15) is 4.79 Å². The molecule has 4 rings (SSSR count). The SMILES string of the molecule is Cl.O=C1CCCN1c1ccnc(N2CCCc3ccccc32)n1. The van der Waals surface area contributed by atoms with Gasteiger partial charge < -0.3 is 4.90 Å². The molecule has 0 atom stereocenters. The summed E-state index contributed by atoms with van der Waals surface area (Å²) in [6.07, 6.45) is 5.46. The second-order valence-electron chi connectivity index (χ2n) is 5.75. The summed E-state index contributed by atoms with van der Waals surface area (Å²) < 4.78 is 0. The molecule has 0 bridgehead atoms. The Hall–Kier alpha value is -2.14. The molecule has 2 aromatic rings. The predicted octanol–water partition coefficient (Wildman–Crippen LogP) is 3.11. The molecule has 0 spiro atoms. The third-order valence-electron chi connectivity index (χ3n) is 4.33. The fraction of sp³-hybridized carbons (Fsp3) is 0.353. The lowest BCUT2D eigenvalue weighted by Crippen LogP contribution is -2.28. The van der Waals surface area contributed by atoms with Crippen LogP contribution in [0.4, 0.5) is 17.5 Å². The molecule has 120 valence electrons. The minimum absolute atomic E-state index is 0. The van der Waals surface area contributed by atoms with Crippen molar-refractivity contribution in [2.45, 2.75) is 25.7 Å². The van der Waals surface area contributed by atoms with Gasteiger partial charge in [-0.1, -0.05) is 18.2 Å². The van der Waals surface area contributed by atoms with Crippen molar-refractivity contribution in [1.82, 2.24) is 9.97 Å². The van der Waals surface area contributed by atoms with Gasteiger partial charge in [-0.2, -0.15) is 4.98 Å². The third kappa shape index (κ3) is 2.88. The number of aryl methyl sites for hydroxylation is 1. The Morgan fingerprint density at radius 3 is 2.57 bits per heavy atom. The van der Waals surface area contributed by atoms with Gasteiger partial charge in [0.1, 0.15) is 5.82 Å². The first kappa shape index (κ1) is 15.7. The van der Waals surface area contributed by atoms with Crippen LogP contribution >= 0.6 is 12.4 Å². The highest BCUT2D eigenvalue weighted by atomic mass is 35.5. The van der Waals surface area contributed by atoms with Gasteiger partial charge in [0, 0.05) is 31.4 Å². The van der Waals surface area contributed by atoms with E-state index < -0.39 is 0 Å². The number of carbonyl (C=O) groups is 1. The number of fused-ring (bicyclic) bond motifs is 1. The molecule has 6 heteroatoms. The molecule has 2 aliphatic heterocycles. The Morgan fingerprint density at radius 1 is 0.957 bits per heavy atom. The molecule has 23 heavy (non-hydrogen) atoms. The molecule has 2 aliphatic rings. The van der Waals surface area contributed by atoms with E-state index in [1.165, 1.54) is 11.3 Å². The summed E-state index contributed by atoms with van der Waals surface area (Å²) in [4.78, 5) is 24.9. The predicted molar refractivity (Wildman–Crippen MR) is 92.6 cm³/mol. The Balaban J connectivity index is 0.00000156. The van der Waals surface area contributed by atoms with Crippen molar-refractivity contribution in [2.75, 3.05) is 22.9 Å². The minimum atomic E-state index is 0. The Bertz CT molecular complexity index is 721.